The van der Waals surface area contributed by atoms with Gasteiger partial charge in [-0.3, -0.25) is 4.90 Å². The monoisotopic (exact) mass is 303 g/mol. The second kappa shape index (κ2) is 6.85. The summed E-state index contributed by atoms with van der Waals surface area (Å²) in [5.41, 5.74) is 1.17. The topological polar surface area (TPSA) is 65.3 Å². The lowest BCUT2D eigenvalue weighted by Crippen LogP contribution is -2.38. The number of pyridine rings is 1. The zero-order valence-electron chi connectivity index (χ0n) is 13.0. The number of aromatic nitrogens is 4. The van der Waals surface area contributed by atoms with Crippen molar-refractivity contribution >= 4 is 0 Å². The molecule has 0 N–H and O–H groups in total. The maximum absolute atomic E-state index is 5.87. The maximum atomic E-state index is 5.87. The van der Waals surface area contributed by atoms with Crippen molar-refractivity contribution in [3.8, 4) is 5.88 Å². The molecule has 7 nitrogen and oxygen atoms in total. The molecule has 2 aromatic heterocycles. The van der Waals surface area contributed by atoms with Gasteiger partial charge in [-0.05, 0) is 12.5 Å². The van der Waals surface area contributed by atoms with Crippen LogP contribution in [0.5, 0.6) is 5.88 Å². The Balaban J connectivity index is 1.65. The van der Waals surface area contributed by atoms with Crippen LogP contribution in [0.15, 0.2) is 24.7 Å². The SMILES string of the molecule is CCn1cnnc1C1CN(Cc2ccc(OC)nc2)CCO1. The number of morpholine rings is 1. The minimum Gasteiger partial charge on any atom is -0.481 e. The Morgan fingerprint density at radius 1 is 1.41 bits per heavy atom. The summed E-state index contributed by atoms with van der Waals surface area (Å²) in [7, 11) is 1.62. The van der Waals surface area contributed by atoms with Crippen molar-refractivity contribution in [1.29, 1.82) is 0 Å². The van der Waals surface area contributed by atoms with Crippen LogP contribution in [0.4, 0.5) is 0 Å². The number of hydrogen-bond acceptors (Lipinski definition) is 6. The second-order valence-corrected chi connectivity index (χ2v) is 5.28. The summed E-state index contributed by atoms with van der Waals surface area (Å²) in [5.74, 6) is 1.54. The molecule has 1 aliphatic heterocycles. The number of aryl methyl sites for hydroxylation is 1. The average molecular weight is 303 g/mol. The molecule has 1 aliphatic rings. The highest BCUT2D eigenvalue weighted by atomic mass is 16.5. The molecule has 0 saturated carbocycles. The van der Waals surface area contributed by atoms with E-state index in [1.807, 2.05) is 22.9 Å². The molecule has 0 aliphatic carbocycles. The average Bonchev–Trinajstić information content (AvgIpc) is 3.04. The molecule has 7 heteroatoms. The van der Waals surface area contributed by atoms with Gasteiger partial charge in [0.15, 0.2) is 5.82 Å². The summed E-state index contributed by atoms with van der Waals surface area (Å²) in [4.78, 5) is 6.61. The van der Waals surface area contributed by atoms with Crippen molar-refractivity contribution in [2.24, 2.45) is 0 Å². The van der Waals surface area contributed by atoms with Crippen molar-refractivity contribution in [2.45, 2.75) is 26.1 Å². The zero-order chi connectivity index (χ0) is 15.4. The number of methoxy groups -OCH3 is 1. The fourth-order valence-corrected chi connectivity index (χ4v) is 2.64. The number of hydrogen-bond donors (Lipinski definition) is 0. The fourth-order valence-electron chi connectivity index (χ4n) is 2.64. The van der Waals surface area contributed by atoms with E-state index in [1.165, 1.54) is 5.56 Å². The predicted octanol–water partition coefficient (Wildman–Crippen LogP) is 1.28. The maximum Gasteiger partial charge on any atom is 0.212 e. The summed E-state index contributed by atoms with van der Waals surface area (Å²) in [5, 5.41) is 8.19. The molecular weight excluding hydrogens is 282 g/mol. The van der Waals surface area contributed by atoms with Crippen molar-refractivity contribution < 1.29 is 9.47 Å². The first-order chi connectivity index (χ1) is 10.8. The van der Waals surface area contributed by atoms with E-state index in [0.717, 1.165) is 32.0 Å². The van der Waals surface area contributed by atoms with Gasteiger partial charge in [0.05, 0.1) is 13.7 Å². The molecule has 118 valence electrons. The molecule has 0 amide bonds. The van der Waals surface area contributed by atoms with Gasteiger partial charge in [-0.2, -0.15) is 0 Å². The first-order valence-corrected chi connectivity index (χ1v) is 7.50. The van der Waals surface area contributed by atoms with Gasteiger partial charge < -0.3 is 14.0 Å². The Kier molecular flexibility index (Phi) is 4.65. The minimum absolute atomic E-state index is 0.0255. The summed E-state index contributed by atoms with van der Waals surface area (Å²) < 4.78 is 13.0. The van der Waals surface area contributed by atoms with Crippen LogP contribution in [0, 0.1) is 0 Å². The summed E-state index contributed by atoms with van der Waals surface area (Å²) in [6.07, 6.45) is 3.59. The standard InChI is InChI=1S/C15H21N5O2/c1-3-20-11-17-18-15(20)13-10-19(6-7-22-13)9-12-4-5-14(21-2)16-8-12/h4-5,8,11,13H,3,6-7,9-10H2,1-2H3. The lowest BCUT2D eigenvalue weighted by molar-refractivity contribution is -0.0389. The van der Waals surface area contributed by atoms with Gasteiger partial charge in [0, 0.05) is 38.4 Å². The van der Waals surface area contributed by atoms with E-state index in [2.05, 4.69) is 27.0 Å². The molecule has 0 aromatic carbocycles. The highest BCUT2D eigenvalue weighted by Gasteiger charge is 2.25. The lowest BCUT2D eigenvalue weighted by atomic mass is 10.2. The van der Waals surface area contributed by atoms with Crippen LogP contribution in [-0.4, -0.2) is 51.5 Å². The van der Waals surface area contributed by atoms with Crippen molar-refractivity contribution in [3.05, 3.63) is 36.0 Å². The van der Waals surface area contributed by atoms with Gasteiger partial charge in [0.25, 0.3) is 0 Å². The molecule has 0 bridgehead atoms. The van der Waals surface area contributed by atoms with Crippen LogP contribution in [0.1, 0.15) is 24.4 Å². The summed E-state index contributed by atoms with van der Waals surface area (Å²) in [6, 6.07) is 3.94. The summed E-state index contributed by atoms with van der Waals surface area (Å²) in [6.45, 7) is 6.19. The molecule has 2 aromatic rings. The third-order valence-corrected chi connectivity index (χ3v) is 3.84. The van der Waals surface area contributed by atoms with Crippen LogP contribution < -0.4 is 4.74 Å². The molecule has 1 atom stereocenters. The third kappa shape index (κ3) is 3.26. The molecular formula is C15H21N5O2. The first-order valence-electron chi connectivity index (χ1n) is 7.50. The quantitative estimate of drug-likeness (QED) is 0.829. The lowest BCUT2D eigenvalue weighted by Gasteiger charge is -2.32. The van der Waals surface area contributed by atoms with E-state index in [9.17, 15) is 0 Å². The summed E-state index contributed by atoms with van der Waals surface area (Å²) >= 11 is 0. The van der Waals surface area contributed by atoms with Gasteiger partial charge in [-0.1, -0.05) is 6.07 Å². The molecule has 1 fully saturated rings. The Hall–Kier alpha value is -1.99. The number of rotatable bonds is 5. The van der Waals surface area contributed by atoms with Gasteiger partial charge in [0.2, 0.25) is 5.88 Å². The highest BCUT2D eigenvalue weighted by Crippen LogP contribution is 2.21. The van der Waals surface area contributed by atoms with Crippen LogP contribution in [0.2, 0.25) is 0 Å². The molecule has 22 heavy (non-hydrogen) atoms. The predicted molar refractivity (Wildman–Crippen MR) is 80.5 cm³/mol. The zero-order valence-corrected chi connectivity index (χ0v) is 13.0. The number of ether oxygens (including phenoxy) is 2. The fraction of sp³-hybridized carbons (Fsp3) is 0.533. The molecule has 3 rings (SSSR count). The van der Waals surface area contributed by atoms with Gasteiger partial charge >= 0.3 is 0 Å². The molecule has 1 unspecified atom stereocenters. The molecule has 0 spiro atoms. The molecule has 3 heterocycles. The molecule has 0 radical (unpaired) electrons. The highest BCUT2D eigenvalue weighted by molar-refractivity contribution is 5.17. The Morgan fingerprint density at radius 2 is 2.32 bits per heavy atom. The molecule has 1 saturated heterocycles. The Labute approximate surface area is 129 Å². The van der Waals surface area contributed by atoms with E-state index in [0.29, 0.717) is 12.5 Å². The van der Waals surface area contributed by atoms with Crippen molar-refractivity contribution in [2.75, 3.05) is 26.8 Å². The minimum atomic E-state index is -0.0255. The Morgan fingerprint density at radius 3 is 3.05 bits per heavy atom. The van der Waals surface area contributed by atoms with Crippen LogP contribution in [-0.2, 0) is 17.8 Å². The van der Waals surface area contributed by atoms with Crippen molar-refractivity contribution in [3.63, 3.8) is 0 Å². The normalized spacial score (nSPS) is 19.3. The van der Waals surface area contributed by atoms with E-state index in [-0.39, 0.29) is 6.10 Å². The Bertz CT molecular complexity index is 598. The largest absolute Gasteiger partial charge is 0.481 e. The van der Waals surface area contributed by atoms with E-state index >= 15 is 0 Å². The third-order valence-electron chi connectivity index (χ3n) is 3.84. The van der Waals surface area contributed by atoms with Gasteiger partial charge in [-0.25, -0.2) is 4.98 Å². The first kappa shape index (κ1) is 14.9. The van der Waals surface area contributed by atoms with Crippen LogP contribution >= 0.6 is 0 Å². The van der Waals surface area contributed by atoms with Crippen LogP contribution in [0.25, 0.3) is 0 Å². The second-order valence-electron chi connectivity index (χ2n) is 5.28. The van der Waals surface area contributed by atoms with Gasteiger partial charge in [-0.15, -0.1) is 10.2 Å². The van der Waals surface area contributed by atoms with Crippen molar-refractivity contribution in [1.82, 2.24) is 24.6 Å². The van der Waals surface area contributed by atoms with Gasteiger partial charge in [0.1, 0.15) is 12.4 Å². The van der Waals surface area contributed by atoms with Crippen LogP contribution in [0.3, 0.4) is 0 Å². The van der Waals surface area contributed by atoms with E-state index in [4.69, 9.17) is 9.47 Å². The van der Waals surface area contributed by atoms with E-state index in [1.54, 1.807) is 13.4 Å². The number of nitrogens with zero attached hydrogens (tertiary/aromatic N) is 5. The van der Waals surface area contributed by atoms with E-state index < -0.39 is 0 Å². The smallest absolute Gasteiger partial charge is 0.212 e.